The first-order valence-electron chi connectivity index (χ1n) is 5.96. The van der Waals surface area contributed by atoms with E-state index in [1.807, 2.05) is 0 Å². The van der Waals surface area contributed by atoms with Crippen LogP contribution in [0.3, 0.4) is 0 Å². The average molecular weight is 255 g/mol. The quantitative estimate of drug-likeness (QED) is 0.868. The van der Waals surface area contributed by atoms with E-state index in [0.717, 1.165) is 25.0 Å². The van der Waals surface area contributed by atoms with Crippen LogP contribution in [0.15, 0.2) is 18.2 Å². The van der Waals surface area contributed by atoms with Gasteiger partial charge in [-0.3, -0.25) is 4.79 Å². The molecule has 0 aliphatic heterocycles. The van der Waals surface area contributed by atoms with Crippen LogP contribution in [0.2, 0.25) is 0 Å². The molecule has 2 N–H and O–H groups in total. The molecule has 98 valence electrons. The van der Waals surface area contributed by atoms with Gasteiger partial charge in [0.25, 0.3) is 5.91 Å². The molecule has 5 heteroatoms. The number of carbonyl (C=O) groups excluding carboxylic acids is 1. The first kappa shape index (κ1) is 13.0. The number of aliphatic hydroxyl groups is 1. The van der Waals surface area contributed by atoms with Crippen molar-refractivity contribution in [2.75, 3.05) is 6.54 Å². The van der Waals surface area contributed by atoms with Gasteiger partial charge in [0.1, 0.15) is 0 Å². The van der Waals surface area contributed by atoms with E-state index >= 15 is 0 Å². The Labute approximate surface area is 104 Å². The Balaban J connectivity index is 1.97. The van der Waals surface area contributed by atoms with Crippen LogP contribution in [0.5, 0.6) is 0 Å². The van der Waals surface area contributed by atoms with Gasteiger partial charge in [0, 0.05) is 12.1 Å². The highest BCUT2D eigenvalue weighted by Gasteiger charge is 2.31. The summed E-state index contributed by atoms with van der Waals surface area (Å²) in [5.74, 6) is -2.54. The van der Waals surface area contributed by atoms with E-state index in [4.69, 9.17) is 0 Å². The van der Waals surface area contributed by atoms with Crippen molar-refractivity contribution in [1.29, 1.82) is 0 Å². The van der Waals surface area contributed by atoms with E-state index in [1.54, 1.807) is 0 Å². The fraction of sp³-hybridized carbons (Fsp3) is 0.462. The van der Waals surface area contributed by atoms with Gasteiger partial charge in [-0.1, -0.05) is 12.8 Å². The number of nitrogens with one attached hydrogen (secondary N) is 1. The van der Waals surface area contributed by atoms with Crippen molar-refractivity contribution in [2.45, 2.75) is 31.3 Å². The third-order valence-electron chi connectivity index (χ3n) is 3.29. The summed E-state index contributed by atoms with van der Waals surface area (Å²) >= 11 is 0. The number of halogens is 2. The summed E-state index contributed by atoms with van der Waals surface area (Å²) in [7, 11) is 0. The smallest absolute Gasteiger partial charge is 0.251 e. The molecule has 1 aromatic rings. The Kier molecular flexibility index (Phi) is 3.61. The molecule has 0 radical (unpaired) electrons. The van der Waals surface area contributed by atoms with Crippen molar-refractivity contribution in [3.05, 3.63) is 35.4 Å². The largest absolute Gasteiger partial charge is 0.388 e. The highest BCUT2D eigenvalue weighted by Crippen LogP contribution is 2.28. The van der Waals surface area contributed by atoms with Crippen molar-refractivity contribution < 1.29 is 18.7 Å². The van der Waals surface area contributed by atoms with E-state index in [2.05, 4.69) is 5.32 Å². The number of hydrogen-bond acceptors (Lipinski definition) is 2. The van der Waals surface area contributed by atoms with Gasteiger partial charge in [-0.15, -0.1) is 0 Å². The molecule has 3 nitrogen and oxygen atoms in total. The Morgan fingerprint density at radius 1 is 1.28 bits per heavy atom. The number of benzene rings is 1. The molecule has 1 aliphatic carbocycles. The molecular formula is C13H15F2NO2. The maximum absolute atomic E-state index is 13.0. The minimum atomic E-state index is -1.05. The monoisotopic (exact) mass is 255 g/mol. The molecule has 0 spiro atoms. The third-order valence-corrected chi connectivity index (χ3v) is 3.29. The fourth-order valence-corrected chi connectivity index (χ4v) is 2.19. The zero-order chi connectivity index (χ0) is 13.2. The zero-order valence-corrected chi connectivity index (χ0v) is 9.88. The molecule has 0 bridgehead atoms. The molecule has 1 amide bonds. The summed E-state index contributed by atoms with van der Waals surface area (Å²) in [6, 6.07) is 2.98. The van der Waals surface area contributed by atoms with Gasteiger partial charge in [-0.25, -0.2) is 8.78 Å². The highest BCUT2D eigenvalue weighted by molar-refractivity contribution is 5.94. The lowest BCUT2D eigenvalue weighted by Gasteiger charge is -2.22. The lowest BCUT2D eigenvalue weighted by Crippen LogP contribution is -2.40. The average Bonchev–Trinajstić information content (AvgIpc) is 2.77. The number of amides is 1. The van der Waals surface area contributed by atoms with E-state index in [9.17, 15) is 18.7 Å². The summed E-state index contributed by atoms with van der Waals surface area (Å²) < 4.78 is 25.7. The van der Waals surface area contributed by atoms with Gasteiger partial charge in [0.2, 0.25) is 0 Å². The van der Waals surface area contributed by atoms with Gasteiger partial charge < -0.3 is 10.4 Å². The number of hydrogen-bond donors (Lipinski definition) is 2. The number of carbonyl (C=O) groups is 1. The summed E-state index contributed by atoms with van der Waals surface area (Å²) in [5.41, 5.74) is -0.802. The van der Waals surface area contributed by atoms with Crippen LogP contribution in [-0.2, 0) is 0 Å². The molecule has 1 saturated carbocycles. The minimum absolute atomic E-state index is 0.0514. The summed E-state index contributed by atoms with van der Waals surface area (Å²) in [5, 5.41) is 12.6. The molecule has 0 atom stereocenters. The van der Waals surface area contributed by atoms with Crippen LogP contribution in [0, 0.1) is 11.6 Å². The zero-order valence-electron chi connectivity index (χ0n) is 9.88. The predicted octanol–water partition coefficient (Wildman–Crippen LogP) is 2.00. The minimum Gasteiger partial charge on any atom is -0.388 e. The lowest BCUT2D eigenvalue weighted by atomic mass is 10.0. The van der Waals surface area contributed by atoms with Crippen molar-refractivity contribution in [1.82, 2.24) is 5.32 Å². The van der Waals surface area contributed by atoms with Gasteiger partial charge >= 0.3 is 0 Å². The molecule has 1 fully saturated rings. The van der Waals surface area contributed by atoms with Crippen LogP contribution in [0.25, 0.3) is 0 Å². The second-order valence-electron chi connectivity index (χ2n) is 4.74. The fourth-order valence-electron chi connectivity index (χ4n) is 2.19. The SMILES string of the molecule is O=C(NCC1(O)CCCC1)c1ccc(F)c(F)c1. The van der Waals surface area contributed by atoms with Crippen molar-refractivity contribution in [3.8, 4) is 0 Å². The molecule has 2 rings (SSSR count). The summed E-state index contributed by atoms with van der Waals surface area (Å²) in [6.07, 6.45) is 3.20. The first-order chi connectivity index (χ1) is 8.50. The Bertz CT molecular complexity index is 456. The second kappa shape index (κ2) is 5.02. The Hall–Kier alpha value is -1.49. The Morgan fingerprint density at radius 3 is 2.56 bits per heavy atom. The van der Waals surface area contributed by atoms with Crippen molar-refractivity contribution >= 4 is 5.91 Å². The molecule has 0 aromatic heterocycles. The van der Waals surface area contributed by atoms with Gasteiger partial charge in [0.05, 0.1) is 5.60 Å². The van der Waals surface area contributed by atoms with Crippen molar-refractivity contribution in [3.63, 3.8) is 0 Å². The lowest BCUT2D eigenvalue weighted by molar-refractivity contribution is 0.0449. The van der Waals surface area contributed by atoms with Crippen LogP contribution < -0.4 is 5.32 Å². The maximum Gasteiger partial charge on any atom is 0.251 e. The first-order valence-corrected chi connectivity index (χ1v) is 5.96. The van der Waals surface area contributed by atoms with E-state index in [0.29, 0.717) is 12.8 Å². The molecule has 0 unspecified atom stereocenters. The second-order valence-corrected chi connectivity index (χ2v) is 4.74. The topological polar surface area (TPSA) is 49.3 Å². The number of rotatable bonds is 3. The van der Waals surface area contributed by atoms with E-state index in [1.165, 1.54) is 6.07 Å². The standard InChI is InChI=1S/C13H15F2NO2/c14-10-4-3-9(7-11(10)15)12(17)16-8-13(18)5-1-2-6-13/h3-4,7,18H,1-2,5-6,8H2,(H,16,17). The van der Waals surface area contributed by atoms with Gasteiger partial charge in [-0.2, -0.15) is 0 Å². The summed E-state index contributed by atoms with van der Waals surface area (Å²) in [6.45, 7) is 0.144. The molecule has 0 saturated heterocycles. The predicted molar refractivity (Wildman–Crippen MR) is 62.1 cm³/mol. The van der Waals surface area contributed by atoms with Crippen LogP contribution in [0.4, 0.5) is 8.78 Å². The van der Waals surface area contributed by atoms with Gasteiger partial charge in [-0.05, 0) is 31.0 Å². The third kappa shape index (κ3) is 2.85. The highest BCUT2D eigenvalue weighted by atomic mass is 19.2. The molecule has 18 heavy (non-hydrogen) atoms. The van der Waals surface area contributed by atoms with Crippen molar-refractivity contribution in [2.24, 2.45) is 0 Å². The molecular weight excluding hydrogens is 240 g/mol. The molecule has 0 heterocycles. The maximum atomic E-state index is 13.0. The van der Waals surface area contributed by atoms with Crippen LogP contribution in [-0.4, -0.2) is 23.2 Å². The normalized spacial score (nSPS) is 17.7. The van der Waals surface area contributed by atoms with Crippen LogP contribution in [0.1, 0.15) is 36.0 Å². The summed E-state index contributed by atoms with van der Waals surface area (Å²) in [4.78, 5) is 11.7. The Morgan fingerprint density at radius 2 is 1.94 bits per heavy atom. The molecule has 1 aliphatic rings. The van der Waals surface area contributed by atoms with Crippen LogP contribution >= 0.6 is 0 Å². The molecule has 1 aromatic carbocycles. The van der Waals surface area contributed by atoms with Gasteiger partial charge in [0.15, 0.2) is 11.6 Å². The van der Waals surface area contributed by atoms with E-state index < -0.39 is 23.1 Å². The van der Waals surface area contributed by atoms with E-state index in [-0.39, 0.29) is 12.1 Å².